The number of nitrogens with zero attached hydrogens (tertiary/aromatic N) is 2. The Morgan fingerprint density at radius 1 is 0.294 bits per heavy atom. The summed E-state index contributed by atoms with van der Waals surface area (Å²) in [7, 11) is 0. The molecule has 0 N–H and O–H groups in total. The fourth-order valence-electron chi connectivity index (χ4n) is 3.20. The molecule has 2 heterocycles. The molecule has 2 aliphatic rings. The van der Waals surface area contributed by atoms with Gasteiger partial charge in [0, 0.05) is 26.2 Å². The Balaban J connectivity index is 1.82. The first-order valence-corrected chi connectivity index (χ1v) is 7.96. The summed E-state index contributed by atoms with van der Waals surface area (Å²) < 4.78 is 0. The summed E-state index contributed by atoms with van der Waals surface area (Å²) in [4.78, 5) is 0. The molecule has 2 heteroatoms. The monoisotopic (exact) mass is 238 g/mol. The SMILES string of the molecule is C1CCCCN(N2CCCCCCC2)CCC1. The van der Waals surface area contributed by atoms with Gasteiger partial charge >= 0.3 is 0 Å². The third-order valence-electron chi connectivity index (χ3n) is 4.31. The molecule has 2 rings (SSSR count). The van der Waals surface area contributed by atoms with Crippen LogP contribution in [0.25, 0.3) is 0 Å². The van der Waals surface area contributed by atoms with Crippen LogP contribution < -0.4 is 0 Å². The quantitative estimate of drug-likeness (QED) is 0.685. The summed E-state index contributed by atoms with van der Waals surface area (Å²) in [5.74, 6) is 0. The van der Waals surface area contributed by atoms with Crippen molar-refractivity contribution in [2.75, 3.05) is 26.2 Å². The number of rotatable bonds is 1. The van der Waals surface area contributed by atoms with Gasteiger partial charge < -0.3 is 0 Å². The van der Waals surface area contributed by atoms with E-state index in [0.717, 1.165) is 0 Å². The van der Waals surface area contributed by atoms with Crippen LogP contribution in [0.3, 0.4) is 0 Å². The average Bonchev–Trinajstić information content (AvgIpc) is 2.42. The zero-order chi connectivity index (χ0) is 11.8. The topological polar surface area (TPSA) is 6.48 Å². The van der Waals surface area contributed by atoms with Crippen molar-refractivity contribution in [2.24, 2.45) is 0 Å². The molecule has 0 aromatic carbocycles. The predicted octanol–water partition coefficient (Wildman–Crippen LogP) is 3.82. The van der Waals surface area contributed by atoms with Crippen LogP contribution in [0.2, 0.25) is 0 Å². The standard InChI is InChI=1S/C15H30N2/c1-2-5-9-13-16(12-8-4-1)17-14-10-6-3-7-11-15-17/h1-15H2. The van der Waals surface area contributed by atoms with Crippen molar-refractivity contribution in [2.45, 2.75) is 70.6 Å². The molecule has 0 spiro atoms. The lowest BCUT2D eigenvalue weighted by molar-refractivity contribution is -0.0322. The predicted molar refractivity (Wildman–Crippen MR) is 73.9 cm³/mol. The molecule has 0 amide bonds. The van der Waals surface area contributed by atoms with Crippen LogP contribution in [-0.2, 0) is 0 Å². The Morgan fingerprint density at radius 3 is 0.824 bits per heavy atom. The lowest BCUT2D eigenvalue weighted by atomic mass is 10.1. The summed E-state index contributed by atoms with van der Waals surface area (Å²) in [5.41, 5.74) is 0. The molecule has 2 aliphatic heterocycles. The second kappa shape index (κ2) is 8.10. The van der Waals surface area contributed by atoms with E-state index in [1.165, 1.54) is 96.8 Å². The zero-order valence-corrected chi connectivity index (χ0v) is 11.5. The van der Waals surface area contributed by atoms with E-state index < -0.39 is 0 Å². The van der Waals surface area contributed by atoms with Crippen LogP contribution >= 0.6 is 0 Å². The number of hydrogen-bond acceptors (Lipinski definition) is 2. The first-order chi connectivity index (χ1) is 8.47. The molecule has 17 heavy (non-hydrogen) atoms. The smallest absolute Gasteiger partial charge is 0.0133 e. The Kier molecular flexibility index (Phi) is 6.36. The van der Waals surface area contributed by atoms with Crippen LogP contribution in [0.15, 0.2) is 0 Å². The van der Waals surface area contributed by atoms with Gasteiger partial charge in [0.05, 0.1) is 0 Å². The molecule has 0 aromatic heterocycles. The number of hydrogen-bond donors (Lipinski definition) is 0. The minimum Gasteiger partial charge on any atom is -0.242 e. The van der Waals surface area contributed by atoms with Crippen molar-refractivity contribution in [3.05, 3.63) is 0 Å². The van der Waals surface area contributed by atoms with Gasteiger partial charge in [-0.3, -0.25) is 0 Å². The average molecular weight is 238 g/mol. The highest BCUT2D eigenvalue weighted by Crippen LogP contribution is 2.16. The minimum atomic E-state index is 1.32. The Morgan fingerprint density at radius 2 is 0.529 bits per heavy atom. The maximum Gasteiger partial charge on any atom is 0.0133 e. The summed E-state index contributed by atoms with van der Waals surface area (Å²) in [6.07, 6.45) is 15.8. The van der Waals surface area contributed by atoms with E-state index in [2.05, 4.69) is 10.0 Å². The van der Waals surface area contributed by atoms with Crippen LogP contribution in [0, 0.1) is 0 Å². The van der Waals surface area contributed by atoms with E-state index >= 15 is 0 Å². The van der Waals surface area contributed by atoms with Crippen LogP contribution in [0.5, 0.6) is 0 Å². The highest BCUT2D eigenvalue weighted by atomic mass is 15.6. The highest BCUT2D eigenvalue weighted by Gasteiger charge is 2.16. The molecule has 2 fully saturated rings. The molecule has 0 bridgehead atoms. The fraction of sp³-hybridized carbons (Fsp3) is 1.00. The van der Waals surface area contributed by atoms with Gasteiger partial charge in [0.25, 0.3) is 0 Å². The van der Waals surface area contributed by atoms with Crippen molar-refractivity contribution in [1.29, 1.82) is 0 Å². The summed E-state index contributed by atoms with van der Waals surface area (Å²) >= 11 is 0. The van der Waals surface area contributed by atoms with Crippen LogP contribution in [0.4, 0.5) is 0 Å². The summed E-state index contributed by atoms with van der Waals surface area (Å²) in [6.45, 7) is 5.28. The molecule has 0 saturated carbocycles. The molecule has 0 aliphatic carbocycles. The molecule has 0 aromatic rings. The van der Waals surface area contributed by atoms with Crippen LogP contribution in [0.1, 0.15) is 70.6 Å². The largest absolute Gasteiger partial charge is 0.242 e. The van der Waals surface area contributed by atoms with Gasteiger partial charge in [0.15, 0.2) is 0 Å². The van der Waals surface area contributed by atoms with Crippen molar-refractivity contribution in [1.82, 2.24) is 10.0 Å². The molecule has 100 valence electrons. The van der Waals surface area contributed by atoms with E-state index in [-0.39, 0.29) is 0 Å². The van der Waals surface area contributed by atoms with E-state index in [9.17, 15) is 0 Å². The Hall–Kier alpha value is -0.0800. The molecule has 2 saturated heterocycles. The third-order valence-corrected chi connectivity index (χ3v) is 4.31. The normalized spacial score (nSPS) is 27.5. The van der Waals surface area contributed by atoms with E-state index in [1.807, 2.05) is 0 Å². The van der Waals surface area contributed by atoms with Gasteiger partial charge in [-0.1, -0.05) is 44.9 Å². The molecule has 0 unspecified atom stereocenters. The minimum absolute atomic E-state index is 1.32. The van der Waals surface area contributed by atoms with Gasteiger partial charge in [-0.05, 0) is 25.7 Å². The third kappa shape index (κ3) is 4.97. The van der Waals surface area contributed by atoms with E-state index in [4.69, 9.17) is 0 Å². The fourth-order valence-corrected chi connectivity index (χ4v) is 3.20. The first-order valence-electron chi connectivity index (χ1n) is 7.96. The zero-order valence-electron chi connectivity index (χ0n) is 11.5. The Labute approximate surface area is 107 Å². The van der Waals surface area contributed by atoms with Crippen molar-refractivity contribution >= 4 is 0 Å². The second-order valence-corrected chi connectivity index (χ2v) is 5.80. The molecular formula is C15H30N2. The van der Waals surface area contributed by atoms with Gasteiger partial charge in [-0.2, -0.15) is 0 Å². The molecule has 0 atom stereocenters. The molecular weight excluding hydrogens is 208 g/mol. The highest BCUT2D eigenvalue weighted by molar-refractivity contribution is 4.65. The second-order valence-electron chi connectivity index (χ2n) is 5.80. The van der Waals surface area contributed by atoms with Gasteiger partial charge in [-0.25, -0.2) is 10.0 Å². The molecule has 2 nitrogen and oxygen atoms in total. The van der Waals surface area contributed by atoms with E-state index in [1.54, 1.807) is 0 Å². The first kappa shape index (κ1) is 13.4. The lowest BCUT2D eigenvalue weighted by Crippen LogP contribution is -2.45. The maximum atomic E-state index is 2.69. The van der Waals surface area contributed by atoms with Gasteiger partial charge in [-0.15, -0.1) is 0 Å². The summed E-state index contributed by atoms with van der Waals surface area (Å²) in [6, 6.07) is 0. The van der Waals surface area contributed by atoms with Crippen molar-refractivity contribution in [3.63, 3.8) is 0 Å². The maximum absolute atomic E-state index is 2.69. The van der Waals surface area contributed by atoms with Crippen molar-refractivity contribution in [3.8, 4) is 0 Å². The summed E-state index contributed by atoms with van der Waals surface area (Å²) in [5, 5.41) is 5.38. The van der Waals surface area contributed by atoms with Crippen LogP contribution in [-0.4, -0.2) is 36.2 Å². The van der Waals surface area contributed by atoms with E-state index in [0.29, 0.717) is 0 Å². The van der Waals surface area contributed by atoms with Crippen molar-refractivity contribution < 1.29 is 0 Å². The lowest BCUT2D eigenvalue weighted by Gasteiger charge is -2.36. The Bertz CT molecular complexity index is 175. The molecule has 0 radical (unpaired) electrons. The number of hydrazine groups is 1. The van der Waals surface area contributed by atoms with Gasteiger partial charge in [0.1, 0.15) is 0 Å². The van der Waals surface area contributed by atoms with Gasteiger partial charge in [0.2, 0.25) is 0 Å².